The lowest BCUT2D eigenvalue weighted by molar-refractivity contribution is -0.140. The van der Waals surface area contributed by atoms with E-state index in [0.717, 1.165) is 53.8 Å². The molecule has 2 unspecified atom stereocenters. The van der Waals surface area contributed by atoms with Crippen LogP contribution in [0.5, 0.6) is 0 Å². The number of aliphatic carboxylic acids is 1. The molecule has 2 atom stereocenters. The van der Waals surface area contributed by atoms with Crippen LogP contribution in [0.4, 0.5) is 11.6 Å². The summed E-state index contributed by atoms with van der Waals surface area (Å²) >= 11 is 1.67. The Bertz CT molecular complexity index is 1480. The molecule has 7 nitrogen and oxygen atoms in total. The number of rotatable bonds is 4. The number of thiophene rings is 1. The van der Waals surface area contributed by atoms with Crippen LogP contribution in [0.15, 0.2) is 77.1 Å². The Balaban J connectivity index is 0.00000129. The Morgan fingerprint density at radius 3 is 2.52 bits per heavy atom. The number of carboxylic acid groups (broad SMARTS) is 1. The quantitative estimate of drug-likeness (QED) is 0.245. The molecule has 4 heterocycles. The summed E-state index contributed by atoms with van der Waals surface area (Å²) in [6.07, 6.45) is 6.26. The van der Waals surface area contributed by atoms with E-state index in [0.29, 0.717) is 29.8 Å². The predicted molar refractivity (Wildman–Crippen MR) is 174 cm³/mol. The van der Waals surface area contributed by atoms with E-state index in [4.69, 9.17) is 4.98 Å². The van der Waals surface area contributed by atoms with E-state index in [-0.39, 0.29) is 0 Å². The molecule has 4 bridgehead atoms. The lowest BCUT2D eigenvalue weighted by atomic mass is 9.95. The van der Waals surface area contributed by atoms with E-state index in [2.05, 4.69) is 53.2 Å². The van der Waals surface area contributed by atoms with E-state index in [1.165, 1.54) is 12.0 Å². The molecule has 0 spiro atoms. The molecule has 4 aromatic rings. The van der Waals surface area contributed by atoms with Crippen molar-refractivity contribution >= 4 is 39.9 Å². The van der Waals surface area contributed by atoms with Gasteiger partial charge in [-0.3, -0.25) is 9.52 Å². The number of hydrogen-bond acceptors (Lipinski definition) is 6. The first kappa shape index (κ1) is 31.4. The predicted octanol–water partition coefficient (Wildman–Crippen LogP) is 8.07. The number of aromatic nitrogens is 2. The number of aryl methyl sites for hydroxylation is 1. The molecule has 0 saturated carbocycles. The maximum Gasteiger partial charge on any atom is 0.308 e. The van der Waals surface area contributed by atoms with Crippen molar-refractivity contribution in [1.82, 2.24) is 9.97 Å². The van der Waals surface area contributed by atoms with Gasteiger partial charge < -0.3 is 10.0 Å². The van der Waals surface area contributed by atoms with Crippen molar-refractivity contribution in [1.29, 1.82) is 0 Å². The van der Waals surface area contributed by atoms with Crippen LogP contribution < -0.4 is 9.62 Å². The summed E-state index contributed by atoms with van der Waals surface area (Å²) in [5.41, 5.74) is 4.26. The molecule has 1 aromatic carbocycles. The average Bonchev–Trinajstić information content (AvgIpc) is 3.53. The highest BCUT2D eigenvalue weighted by molar-refractivity contribution is 7.86. The first-order valence-corrected chi connectivity index (χ1v) is 16.7. The zero-order valence-corrected chi connectivity index (χ0v) is 26.2. The molecule has 2 N–H and O–H groups in total. The van der Waals surface area contributed by atoms with E-state index in [1.807, 2.05) is 41.3 Å². The van der Waals surface area contributed by atoms with Gasteiger partial charge in [0.2, 0.25) is 0 Å². The van der Waals surface area contributed by atoms with Crippen molar-refractivity contribution < 1.29 is 14.1 Å². The summed E-state index contributed by atoms with van der Waals surface area (Å²) in [7, 11) is -1.66. The van der Waals surface area contributed by atoms with Crippen LogP contribution in [-0.2, 0) is 22.2 Å². The topological polar surface area (TPSA) is 95.4 Å². The normalized spacial score (nSPS) is 16.2. The summed E-state index contributed by atoms with van der Waals surface area (Å²) in [6, 6.07) is 21.8. The molecule has 0 radical (unpaired) electrons. The van der Waals surface area contributed by atoms with E-state index in [9.17, 15) is 14.1 Å². The average molecular weight is 605 g/mol. The number of benzene rings is 1. The highest BCUT2D eigenvalue weighted by Crippen LogP contribution is 2.36. The van der Waals surface area contributed by atoms with Gasteiger partial charge in [0.15, 0.2) is 16.0 Å². The van der Waals surface area contributed by atoms with Crippen LogP contribution in [0, 0.1) is 5.92 Å². The Labute approximate surface area is 255 Å². The van der Waals surface area contributed by atoms with Crippen LogP contribution in [0.3, 0.4) is 0 Å². The summed E-state index contributed by atoms with van der Waals surface area (Å²) in [6.45, 7) is 6.99. The molecule has 0 amide bonds. The molecule has 42 heavy (non-hydrogen) atoms. The maximum absolute atomic E-state index is 13.4. The van der Waals surface area contributed by atoms with Crippen molar-refractivity contribution in [2.24, 2.45) is 5.92 Å². The minimum absolute atomic E-state index is 0.342. The molecule has 222 valence electrons. The number of nitrogens with zero attached hydrogens (tertiary/aromatic N) is 3. The number of pyridine rings is 2. The van der Waals surface area contributed by atoms with Crippen LogP contribution in [-0.4, -0.2) is 38.3 Å². The third kappa shape index (κ3) is 8.26. The second-order valence-corrected chi connectivity index (χ2v) is 12.6. The van der Waals surface area contributed by atoms with E-state index in [1.54, 1.807) is 24.3 Å². The molecule has 1 aliphatic rings. The number of anilines is 2. The Hall–Kier alpha value is -3.56. The molecule has 5 rings (SSSR count). The van der Waals surface area contributed by atoms with Gasteiger partial charge in [-0.05, 0) is 60.5 Å². The minimum atomic E-state index is -1.66. The standard InChI is InChI=1S/C30H32N4O3S2.C3H8/c1-21(30(35)36)20-34-18-7-3-2-4-10-22-11-5-6-12-23(22)29-24(25-13-9-19-38-25)16-17-26(31-29)33-39(37)28-15-8-14-27(34)32-28;1-3-2/h5-6,8-9,11-17,19,21H,2-4,7,10,18,20H2,1H3,(H,31,33)(H,35,36);3H2,1-2H3. The number of carbonyl (C=O) groups is 1. The summed E-state index contributed by atoms with van der Waals surface area (Å²) in [5.74, 6) is -0.249. The number of carboxylic acids is 1. The zero-order chi connectivity index (χ0) is 29.9. The monoisotopic (exact) mass is 604 g/mol. The smallest absolute Gasteiger partial charge is 0.308 e. The van der Waals surface area contributed by atoms with Gasteiger partial charge in [0, 0.05) is 29.1 Å². The van der Waals surface area contributed by atoms with Crippen LogP contribution in [0.25, 0.3) is 21.7 Å². The lowest BCUT2D eigenvalue weighted by Crippen LogP contribution is -2.33. The molecular formula is C33H40N4O3S2. The maximum atomic E-state index is 13.4. The van der Waals surface area contributed by atoms with Crippen LogP contribution >= 0.6 is 11.3 Å². The van der Waals surface area contributed by atoms with Crippen LogP contribution in [0.2, 0.25) is 0 Å². The summed E-state index contributed by atoms with van der Waals surface area (Å²) in [4.78, 5) is 24.4. The Morgan fingerprint density at radius 2 is 1.76 bits per heavy atom. The fourth-order valence-electron chi connectivity index (χ4n) is 4.83. The number of hydrogen-bond donors (Lipinski definition) is 2. The van der Waals surface area contributed by atoms with Crippen molar-refractivity contribution in [3.8, 4) is 21.7 Å². The molecule has 3 aromatic heterocycles. The molecule has 1 aliphatic heterocycles. The zero-order valence-electron chi connectivity index (χ0n) is 24.6. The van der Waals surface area contributed by atoms with Gasteiger partial charge in [0.1, 0.15) is 11.6 Å². The second-order valence-electron chi connectivity index (χ2n) is 10.5. The van der Waals surface area contributed by atoms with Gasteiger partial charge >= 0.3 is 5.97 Å². The molecular weight excluding hydrogens is 565 g/mol. The third-order valence-electron chi connectivity index (χ3n) is 6.91. The first-order chi connectivity index (χ1) is 20.4. The summed E-state index contributed by atoms with van der Waals surface area (Å²) < 4.78 is 16.5. The first-order valence-electron chi connectivity index (χ1n) is 14.7. The Kier molecular flexibility index (Phi) is 11.7. The lowest BCUT2D eigenvalue weighted by Gasteiger charge is -2.26. The molecule has 0 fully saturated rings. The van der Waals surface area contributed by atoms with E-state index >= 15 is 0 Å². The largest absolute Gasteiger partial charge is 0.481 e. The number of fused-ring (bicyclic) bond motifs is 6. The second kappa shape index (κ2) is 15.6. The van der Waals surface area contributed by atoms with Gasteiger partial charge in [0.05, 0.1) is 11.6 Å². The minimum Gasteiger partial charge on any atom is -0.481 e. The summed E-state index contributed by atoms with van der Waals surface area (Å²) in [5, 5.41) is 11.9. The third-order valence-corrected chi connectivity index (χ3v) is 8.82. The number of nitrogens with one attached hydrogen (secondary N) is 1. The fourth-order valence-corrected chi connectivity index (χ4v) is 6.37. The van der Waals surface area contributed by atoms with E-state index < -0.39 is 22.9 Å². The van der Waals surface area contributed by atoms with Gasteiger partial charge in [-0.15, -0.1) is 11.3 Å². The van der Waals surface area contributed by atoms with Crippen molar-refractivity contribution in [3.05, 3.63) is 77.7 Å². The van der Waals surface area contributed by atoms with Gasteiger partial charge in [-0.1, -0.05) is 76.4 Å². The fraction of sp³-hybridized carbons (Fsp3) is 0.364. The van der Waals surface area contributed by atoms with Crippen molar-refractivity contribution in [2.75, 3.05) is 22.7 Å². The van der Waals surface area contributed by atoms with Gasteiger partial charge in [0.25, 0.3) is 0 Å². The highest BCUT2D eigenvalue weighted by atomic mass is 32.2. The highest BCUT2D eigenvalue weighted by Gasteiger charge is 2.20. The SMILES string of the molecule is CC(CN1CCCCCCc2ccccc2-c2nc(ccc2-c2cccs2)NS(=O)c2cccc1n2)C(=O)O.CCC. The Morgan fingerprint density at radius 1 is 0.976 bits per heavy atom. The van der Waals surface area contributed by atoms with Crippen LogP contribution in [0.1, 0.15) is 58.4 Å². The molecule has 0 aliphatic carbocycles. The molecule has 9 heteroatoms. The van der Waals surface area contributed by atoms with Gasteiger partial charge in [-0.2, -0.15) is 0 Å². The van der Waals surface area contributed by atoms with Crippen molar-refractivity contribution in [3.63, 3.8) is 0 Å². The van der Waals surface area contributed by atoms with Gasteiger partial charge in [-0.25, -0.2) is 14.2 Å². The van der Waals surface area contributed by atoms with Crippen molar-refractivity contribution in [2.45, 2.75) is 64.3 Å². The molecule has 0 saturated heterocycles.